The number of aryl methyl sites for hydroxylation is 1. The first-order chi connectivity index (χ1) is 12.7. The number of hydrazone groups is 1. The number of nitrogens with one attached hydrogen (secondary N) is 2. The van der Waals surface area contributed by atoms with Crippen molar-refractivity contribution in [3.63, 3.8) is 0 Å². The molecule has 150 valence electrons. The third-order valence-electron chi connectivity index (χ3n) is 4.08. The van der Waals surface area contributed by atoms with E-state index < -0.39 is 0 Å². The second kappa shape index (κ2) is 11.6. The lowest BCUT2D eigenvalue weighted by Crippen LogP contribution is -3.00. The number of hydrogen-bond acceptors (Lipinski definition) is 2. The van der Waals surface area contributed by atoms with Gasteiger partial charge in [-0.2, -0.15) is 5.10 Å². The standard InChI is InChI=1S/C20H25N6.2BrH/c1-4-21-20(22-5-2)24-23-14-16-9-11-17(12-10-16)18-15-26-13-7-6-8-19(26)25(18)3;;/h6-15H,4-5H2,1-3H3,(H2,21,22,24);2*1H/q+1;;/p-1/b23-14+;;. The molecule has 0 spiro atoms. The zero-order valence-corrected chi connectivity index (χ0v) is 19.6. The molecule has 8 heteroatoms. The number of hydrogen-bond donors (Lipinski definition) is 2. The summed E-state index contributed by atoms with van der Waals surface area (Å²) in [5.74, 6) is 0.690. The highest BCUT2D eigenvalue weighted by molar-refractivity contribution is 8.93. The van der Waals surface area contributed by atoms with Crippen LogP contribution in [0.5, 0.6) is 0 Å². The van der Waals surface area contributed by atoms with Crippen molar-refractivity contribution in [2.24, 2.45) is 17.1 Å². The summed E-state index contributed by atoms with van der Waals surface area (Å²) < 4.78 is 4.32. The highest BCUT2D eigenvalue weighted by Crippen LogP contribution is 2.19. The summed E-state index contributed by atoms with van der Waals surface area (Å²) >= 11 is 0. The van der Waals surface area contributed by atoms with E-state index in [2.05, 4.69) is 85.6 Å². The van der Waals surface area contributed by atoms with Crippen molar-refractivity contribution in [3.8, 4) is 11.3 Å². The van der Waals surface area contributed by atoms with E-state index in [-0.39, 0.29) is 34.0 Å². The molecule has 1 aromatic carbocycles. The second-order valence-electron chi connectivity index (χ2n) is 5.88. The van der Waals surface area contributed by atoms with E-state index in [0.29, 0.717) is 12.5 Å². The van der Waals surface area contributed by atoms with Crippen molar-refractivity contribution in [3.05, 3.63) is 60.4 Å². The van der Waals surface area contributed by atoms with Crippen molar-refractivity contribution in [2.75, 3.05) is 13.1 Å². The number of guanidine groups is 1. The molecule has 0 saturated heterocycles. The fourth-order valence-corrected chi connectivity index (χ4v) is 2.81. The SMILES string of the molecule is Br.CCN=C(NCC)N/N=C/c1ccc(-c2c[n+]3ccccc3n2C)cc1.[Br-]. The molecule has 2 aromatic heterocycles. The van der Waals surface area contributed by atoms with Crippen molar-refractivity contribution in [2.45, 2.75) is 13.8 Å². The van der Waals surface area contributed by atoms with Gasteiger partial charge in [-0.05, 0) is 37.6 Å². The van der Waals surface area contributed by atoms with E-state index in [0.717, 1.165) is 17.8 Å². The number of halogens is 2. The van der Waals surface area contributed by atoms with Gasteiger partial charge in [0.1, 0.15) is 6.20 Å². The zero-order valence-electron chi connectivity index (χ0n) is 16.3. The molecule has 0 radical (unpaired) electrons. The van der Waals surface area contributed by atoms with Gasteiger partial charge in [-0.3, -0.25) is 4.99 Å². The number of benzene rings is 1. The first-order valence-electron chi connectivity index (χ1n) is 8.86. The summed E-state index contributed by atoms with van der Waals surface area (Å²) in [6, 6.07) is 14.5. The molecule has 0 fully saturated rings. The predicted molar refractivity (Wildman–Crippen MR) is 117 cm³/mol. The predicted octanol–water partition coefficient (Wildman–Crippen LogP) is -0.0784. The molecule has 0 bridgehead atoms. The maximum absolute atomic E-state index is 4.30. The summed E-state index contributed by atoms with van der Waals surface area (Å²) in [5, 5.41) is 7.40. The van der Waals surface area contributed by atoms with Crippen LogP contribution in [0.4, 0.5) is 0 Å². The van der Waals surface area contributed by atoms with Gasteiger partial charge in [0, 0.05) is 24.7 Å². The third-order valence-corrected chi connectivity index (χ3v) is 4.08. The van der Waals surface area contributed by atoms with Crippen molar-refractivity contribution in [1.82, 2.24) is 15.3 Å². The van der Waals surface area contributed by atoms with Gasteiger partial charge in [-0.25, -0.2) is 14.4 Å². The van der Waals surface area contributed by atoms with E-state index >= 15 is 0 Å². The van der Waals surface area contributed by atoms with E-state index in [1.54, 1.807) is 6.21 Å². The molecule has 0 aliphatic carbocycles. The maximum atomic E-state index is 4.30. The van der Waals surface area contributed by atoms with Gasteiger partial charge in [0.2, 0.25) is 5.96 Å². The monoisotopic (exact) mass is 508 g/mol. The fourth-order valence-electron chi connectivity index (χ4n) is 2.81. The lowest BCUT2D eigenvalue weighted by atomic mass is 10.1. The van der Waals surface area contributed by atoms with Crippen LogP contribution in [0.3, 0.4) is 0 Å². The van der Waals surface area contributed by atoms with Crippen LogP contribution in [0.25, 0.3) is 16.9 Å². The van der Waals surface area contributed by atoms with Crippen LogP contribution < -0.4 is 32.1 Å². The molecule has 2 heterocycles. The fraction of sp³-hybridized carbons (Fsp3) is 0.250. The van der Waals surface area contributed by atoms with Crippen LogP contribution in [0, 0.1) is 0 Å². The molecule has 0 amide bonds. The van der Waals surface area contributed by atoms with Crippen LogP contribution in [0.15, 0.2) is 65.0 Å². The van der Waals surface area contributed by atoms with E-state index in [9.17, 15) is 0 Å². The van der Waals surface area contributed by atoms with Gasteiger partial charge in [-0.1, -0.05) is 18.2 Å². The van der Waals surface area contributed by atoms with Gasteiger partial charge in [0.05, 0.1) is 19.5 Å². The van der Waals surface area contributed by atoms with Crippen molar-refractivity contribution in [1.29, 1.82) is 0 Å². The molecule has 0 aliphatic heterocycles. The van der Waals surface area contributed by atoms with Crippen molar-refractivity contribution >= 4 is 34.8 Å². The Kier molecular flexibility index (Phi) is 9.89. The van der Waals surface area contributed by atoms with Crippen LogP contribution in [-0.2, 0) is 7.05 Å². The number of rotatable bonds is 5. The Labute approximate surface area is 186 Å². The summed E-state index contributed by atoms with van der Waals surface area (Å²) in [5.41, 5.74) is 7.47. The van der Waals surface area contributed by atoms with Crippen molar-refractivity contribution < 1.29 is 21.4 Å². The summed E-state index contributed by atoms with van der Waals surface area (Å²) in [7, 11) is 2.08. The number of nitrogens with zero attached hydrogens (tertiary/aromatic N) is 4. The Morgan fingerprint density at radius 3 is 2.54 bits per heavy atom. The first-order valence-corrected chi connectivity index (χ1v) is 8.86. The lowest BCUT2D eigenvalue weighted by Gasteiger charge is -2.05. The summed E-state index contributed by atoms with van der Waals surface area (Å²) in [6.45, 7) is 5.54. The molecule has 2 N–H and O–H groups in total. The number of fused-ring (bicyclic) bond motifs is 1. The molecule has 0 unspecified atom stereocenters. The van der Waals surface area contributed by atoms with Crippen LogP contribution >= 0.6 is 17.0 Å². The normalized spacial score (nSPS) is 11.2. The lowest BCUT2D eigenvalue weighted by molar-refractivity contribution is -0.510. The number of aromatic nitrogens is 2. The summed E-state index contributed by atoms with van der Waals surface area (Å²) in [6.07, 6.45) is 6.00. The zero-order chi connectivity index (χ0) is 18.4. The molecular weight excluding hydrogens is 484 g/mol. The topological polar surface area (TPSA) is 57.8 Å². The first kappa shape index (κ1) is 23.8. The van der Waals surface area contributed by atoms with Crippen LogP contribution in [-0.4, -0.2) is 29.8 Å². The number of pyridine rings is 1. The Balaban J connectivity index is 0.00000196. The van der Waals surface area contributed by atoms with Gasteiger partial charge >= 0.3 is 0 Å². The minimum atomic E-state index is 0. The van der Waals surface area contributed by atoms with Gasteiger partial charge in [0.25, 0.3) is 5.65 Å². The molecule has 0 aliphatic rings. The average molecular weight is 510 g/mol. The molecule has 6 nitrogen and oxygen atoms in total. The van der Waals surface area contributed by atoms with E-state index in [4.69, 9.17) is 0 Å². The molecular formula is C20H26Br2N6. The molecule has 0 atom stereocenters. The Bertz CT molecular complexity index is 932. The van der Waals surface area contributed by atoms with E-state index in [1.807, 2.05) is 19.9 Å². The van der Waals surface area contributed by atoms with E-state index in [1.165, 1.54) is 11.3 Å². The molecule has 3 rings (SSSR count). The largest absolute Gasteiger partial charge is 1.00 e. The Morgan fingerprint density at radius 1 is 1.14 bits per heavy atom. The quantitative estimate of drug-likeness (QED) is 0.219. The maximum Gasteiger partial charge on any atom is 0.286 e. The van der Waals surface area contributed by atoms with Gasteiger partial charge < -0.3 is 22.3 Å². The highest BCUT2D eigenvalue weighted by Gasteiger charge is 2.14. The Hall–Kier alpha value is -2.19. The van der Waals surface area contributed by atoms with Gasteiger partial charge in [0.15, 0.2) is 5.69 Å². The second-order valence-corrected chi connectivity index (χ2v) is 5.88. The average Bonchev–Trinajstić information content (AvgIpc) is 3.00. The smallest absolute Gasteiger partial charge is 0.286 e. The number of aliphatic imine (C=N–C) groups is 1. The molecule has 28 heavy (non-hydrogen) atoms. The van der Waals surface area contributed by atoms with Crippen LogP contribution in [0.2, 0.25) is 0 Å². The third kappa shape index (κ3) is 5.65. The van der Waals surface area contributed by atoms with Crippen LogP contribution in [0.1, 0.15) is 19.4 Å². The highest BCUT2D eigenvalue weighted by atomic mass is 79.9. The Morgan fingerprint density at radius 2 is 1.89 bits per heavy atom. The minimum absolute atomic E-state index is 0. The van der Waals surface area contributed by atoms with Gasteiger partial charge in [-0.15, -0.1) is 17.0 Å². The molecule has 3 aromatic rings. The number of imidazole rings is 1. The molecule has 0 saturated carbocycles. The summed E-state index contributed by atoms with van der Waals surface area (Å²) in [4.78, 5) is 4.30. The minimum Gasteiger partial charge on any atom is -1.00 e.